The third-order valence-corrected chi connectivity index (χ3v) is 3.96. The van der Waals surface area contributed by atoms with Crippen LogP contribution in [-0.4, -0.2) is 54.2 Å². The fourth-order valence-electron chi connectivity index (χ4n) is 2.03. The molecule has 1 amide bonds. The Morgan fingerprint density at radius 1 is 1.50 bits per heavy atom. The number of ether oxygens (including phenoxy) is 1. The first-order chi connectivity index (χ1) is 8.68. The monoisotopic (exact) mass is 269 g/mol. The third kappa shape index (κ3) is 3.28. The Bertz CT molecular complexity index is 377. The summed E-state index contributed by atoms with van der Waals surface area (Å²) in [6, 6.07) is 0.397. The fraction of sp³-hybridized carbons (Fsp3) is 0.667. The summed E-state index contributed by atoms with van der Waals surface area (Å²) in [7, 11) is 0. The van der Waals surface area contributed by atoms with Crippen LogP contribution in [0.2, 0.25) is 0 Å². The summed E-state index contributed by atoms with van der Waals surface area (Å²) in [4.78, 5) is 18.2. The number of amides is 1. The van der Waals surface area contributed by atoms with Crippen LogP contribution in [0.15, 0.2) is 10.9 Å². The quantitative estimate of drug-likeness (QED) is 0.885. The van der Waals surface area contributed by atoms with E-state index in [1.807, 2.05) is 6.92 Å². The number of carbonyl (C=O) groups is 1. The van der Waals surface area contributed by atoms with Crippen LogP contribution in [0.1, 0.15) is 24.3 Å². The Morgan fingerprint density at radius 2 is 2.22 bits per heavy atom. The van der Waals surface area contributed by atoms with Crippen molar-refractivity contribution in [1.82, 2.24) is 15.2 Å². The predicted octanol–water partition coefficient (Wildman–Crippen LogP) is 0.982. The zero-order valence-electron chi connectivity index (χ0n) is 10.8. The molecule has 2 heterocycles. The van der Waals surface area contributed by atoms with Gasteiger partial charge in [-0.2, -0.15) is 0 Å². The first kappa shape index (κ1) is 13.5. The van der Waals surface area contributed by atoms with Crippen LogP contribution in [0.5, 0.6) is 0 Å². The second-order valence-corrected chi connectivity index (χ2v) is 5.24. The van der Waals surface area contributed by atoms with Gasteiger partial charge in [0.15, 0.2) is 0 Å². The van der Waals surface area contributed by atoms with E-state index in [-0.39, 0.29) is 11.9 Å². The number of hydrogen-bond donors (Lipinski definition) is 1. The van der Waals surface area contributed by atoms with E-state index < -0.39 is 0 Å². The molecule has 100 valence electrons. The highest BCUT2D eigenvalue weighted by Gasteiger charge is 2.23. The van der Waals surface area contributed by atoms with E-state index in [1.54, 1.807) is 10.9 Å². The van der Waals surface area contributed by atoms with Gasteiger partial charge in [-0.05, 0) is 13.8 Å². The van der Waals surface area contributed by atoms with Gasteiger partial charge >= 0.3 is 0 Å². The Balaban J connectivity index is 1.86. The molecule has 1 aliphatic rings. The zero-order valence-corrected chi connectivity index (χ0v) is 11.6. The minimum absolute atomic E-state index is 0.0936. The predicted molar refractivity (Wildman–Crippen MR) is 70.9 cm³/mol. The number of aromatic nitrogens is 1. The average Bonchev–Trinajstić information content (AvgIpc) is 2.92. The van der Waals surface area contributed by atoms with Gasteiger partial charge in [-0.1, -0.05) is 0 Å². The summed E-state index contributed by atoms with van der Waals surface area (Å²) in [6.07, 6.45) is 0. The van der Waals surface area contributed by atoms with Gasteiger partial charge in [0.05, 0.1) is 18.7 Å². The van der Waals surface area contributed by atoms with Crippen LogP contribution in [0.25, 0.3) is 0 Å². The highest BCUT2D eigenvalue weighted by molar-refractivity contribution is 7.07. The molecule has 2 unspecified atom stereocenters. The van der Waals surface area contributed by atoms with Crippen LogP contribution in [-0.2, 0) is 4.74 Å². The summed E-state index contributed by atoms with van der Waals surface area (Å²) in [6.45, 7) is 7.58. The van der Waals surface area contributed by atoms with Gasteiger partial charge in [-0.25, -0.2) is 4.98 Å². The summed E-state index contributed by atoms with van der Waals surface area (Å²) in [5.41, 5.74) is 2.17. The molecule has 1 aromatic heterocycles. The minimum atomic E-state index is -0.0936. The molecule has 6 heteroatoms. The van der Waals surface area contributed by atoms with Crippen LogP contribution in [0, 0.1) is 0 Å². The third-order valence-electron chi connectivity index (χ3n) is 3.37. The Hall–Kier alpha value is -0.980. The van der Waals surface area contributed by atoms with Crippen LogP contribution >= 0.6 is 11.3 Å². The van der Waals surface area contributed by atoms with Gasteiger partial charge < -0.3 is 10.1 Å². The lowest BCUT2D eigenvalue weighted by molar-refractivity contribution is 0.0137. The topological polar surface area (TPSA) is 54.5 Å². The summed E-state index contributed by atoms with van der Waals surface area (Å²) in [5, 5.41) is 4.77. The Kier molecular flexibility index (Phi) is 4.68. The smallest absolute Gasteiger partial charge is 0.271 e. The molecule has 0 saturated carbocycles. The Morgan fingerprint density at radius 3 is 2.83 bits per heavy atom. The summed E-state index contributed by atoms with van der Waals surface area (Å²) < 4.78 is 5.33. The molecular weight excluding hydrogens is 250 g/mol. The number of rotatable bonds is 4. The molecule has 5 nitrogen and oxygen atoms in total. The van der Waals surface area contributed by atoms with E-state index in [1.165, 1.54) is 11.3 Å². The average molecular weight is 269 g/mol. The summed E-state index contributed by atoms with van der Waals surface area (Å²) in [5.74, 6) is -0.0936. The first-order valence-corrected chi connectivity index (χ1v) is 7.13. The van der Waals surface area contributed by atoms with Crippen LogP contribution < -0.4 is 5.32 Å². The Labute approximate surface area is 111 Å². The fourth-order valence-corrected chi connectivity index (χ4v) is 2.56. The van der Waals surface area contributed by atoms with E-state index in [0.29, 0.717) is 11.7 Å². The molecule has 0 aliphatic carbocycles. The van der Waals surface area contributed by atoms with Crippen LogP contribution in [0.4, 0.5) is 0 Å². The standard InChI is InChI=1S/C12H19N3O2S/c1-9(10(2)15-3-5-17-6-4-15)14-12(16)11-7-18-8-13-11/h7-10H,3-6H2,1-2H3,(H,14,16). The second-order valence-electron chi connectivity index (χ2n) is 4.52. The molecule has 1 aromatic rings. The molecule has 18 heavy (non-hydrogen) atoms. The van der Waals surface area contributed by atoms with Gasteiger partial charge in [0.1, 0.15) is 5.69 Å². The second kappa shape index (κ2) is 6.26. The number of hydrogen-bond acceptors (Lipinski definition) is 5. The van der Waals surface area contributed by atoms with Gasteiger partial charge in [-0.15, -0.1) is 11.3 Å². The van der Waals surface area contributed by atoms with Crippen molar-refractivity contribution in [2.75, 3.05) is 26.3 Å². The minimum Gasteiger partial charge on any atom is -0.379 e. The van der Waals surface area contributed by atoms with Crippen molar-refractivity contribution >= 4 is 17.2 Å². The van der Waals surface area contributed by atoms with E-state index in [0.717, 1.165) is 26.3 Å². The number of morpholine rings is 1. The van der Waals surface area contributed by atoms with E-state index in [9.17, 15) is 4.79 Å². The van der Waals surface area contributed by atoms with E-state index >= 15 is 0 Å². The molecule has 2 atom stereocenters. The molecule has 0 radical (unpaired) electrons. The molecule has 0 bridgehead atoms. The number of nitrogens with one attached hydrogen (secondary N) is 1. The van der Waals surface area contributed by atoms with Crippen molar-refractivity contribution in [2.24, 2.45) is 0 Å². The SMILES string of the molecule is CC(NC(=O)c1cscn1)C(C)N1CCOCC1. The highest BCUT2D eigenvalue weighted by atomic mass is 32.1. The molecule has 1 saturated heterocycles. The van der Waals surface area contributed by atoms with Crippen molar-refractivity contribution in [1.29, 1.82) is 0 Å². The van der Waals surface area contributed by atoms with Gasteiger partial charge in [0.25, 0.3) is 5.91 Å². The largest absolute Gasteiger partial charge is 0.379 e. The van der Waals surface area contributed by atoms with Gasteiger partial charge in [0.2, 0.25) is 0 Å². The molecule has 1 fully saturated rings. The van der Waals surface area contributed by atoms with Gasteiger partial charge in [-0.3, -0.25) is 9.69 Å². The first-order valence-electron chi connectivity index (χ1n) is 6.19. The van der Waals surface area contributed by atoms with Crippen molar-refractivity contribution < 1.29 is 9.53 Å². The molecule has 1 N–H and O–H groups in total. The lowest BCUT2D eigenvalue weighted by atomic mass is 10.1. The number of thiazole rings is 1. The highest BCUT2D eigenvalue weighted by Crippen LogP contribution is 2.08. The van der Waals surface area contributed by atoms with E-state index in [2.05, 4.69) is 22.1 Å². The molecule has 1 aliphatic heterocycles. The maximum absolute atomic E-state index is 11.9. The van der Waals surface area contributed by atoms with E-state index in [4.69, 9.17) is 4.74 Å². The summed E-state index contributed by atoms with van der Waals surface area (Å²) >= 11 is 1.43. The van der Waals surface area contributed by atoms with Crippen molar-refractivity contribution in [3.8, 4) is 0 Å². The normalized spacial score (nSPS) is 20.3. The van der Waals surface area contributed by atoms with Crippen LogP contribution in [0.3, 0.4) is 0 Å². The maximum Gasteiger partial charge on any atom is 0.271 e. The number of nitrogens with zero attached hydrogens (tertiary/aromatic N) is 2. The molecule has 2 rings (SSSR count). The lowest BCUT2D eigenvalue weighted by Crippen LogP contribution is -2.52. The van der Waals surface area contributed by atoms with Gasteiger partial charge in [0, 0.05) is 30.6 Å². The molecule has 0 spiro atoms. The molecule has 0 aromatic carbocycles. The lowest BCUT2D eigenvalue weighted by Gasteiger charge is -2.35. The maximum atomic E-state index is 11.9. The number of carbonyl (C=O) groups excluding carboxylic acids is 1. The zero-order chi connectivity index (χ0) is 13.0. The molecular formula is C12H19N3O2S. The van der Waals surface area contributed by atoms with Crippen molar-refractivity contribution in [3.05, 3.63) is 16.6 Å². The van der Waals surface area contributed by atoms with Crippen molar-refractivity contribution in [3.63, 3.8) is 0 Å². The van der Waals surface area contributed by atoms with Crippen molar-refractivity contribution in [2.45, 2.75) is 25.9 Å².